The van der Waals surface area contributed by atoms with Gasteiger partial charge in [-0.2, -0.15) is 0 Å². The molecule has 0 spiro atoms. The Morgan fingerprint density at radius 1 is 1.19 bits per heavy atom. The number of nitro benzene ring substituents is 1. The second-order valence-electron chi connectivity index (χ2n) is 10.4. The minimum atomic E-state index is -1.35. The van der Waals surface area contributed by atoms with Gasteiger partial charge < -0.3 is 20.3 Å². The number of rotatable bonds is 8. The number of piperidine rings is 1. The van der Waals surface area contributed by atoms with Crippen LogP contribution in [-0.2, 0) is 9.53 Å². The zero-order chi connectivity index (χ0) is 30.6. The van der Waals surface area contributed by atoms with Crippen molar-refractivity contribution < 1.29 is 32.8 Å². The average molecular weight is 586 g/mol. The Bertz CT molecular complexity index is 1420. The summed E-state index contributed by atoms with van der Waals surface area (Å²) in [5.74, 6) is -3.07. The van der Waals surface area contributed by atoms with Crippen LogP contribution in [-0.4, -0.2) is 65.5 Å². The first-order valence-electron chi connectivity index (χ1n) is 13.6. The Morgan fingerprint density at radius 3 is 2.60 bits per heavy atom. The number of allylic oxidation sites excluding steroid dienone is 1. The molecule has 0 aliphatic carbocycles. The molecule has 0 radical (unpaired) electrons. The first kappa shape index (κ1) is 30.6. The minimum absolute atomic E-state index is 0.0222. The molecule has 2 aromatic rings. The van der Waals surface area contributed by atoms with Gasteiger partial charge in [0.1, 0.15) is 6.04 Å². The summed E-state index contributed by atoms with van der Waals surface area (Å²) >= 11 is 0. The Hall–Kier alpha value is -4.39. The third kappa shape index (κ3) is 6.40. The van der Waals surface area contributed by atoms with Crippen LogP contribution in [0.1, 0.15) is 56.2 Å². The number of imide groups is 1. The lowest BCUT2D eigenvalue weighted by Gasteiger charge is -2.38. The van der Waals surface area contributed by atoms with Crippen molar-refractivity contribution in [2.24, 2.45) is 0 Å². The van der Waals surface area contributed by atoms with Gasteiger partial charge in [-0.15, -0.1) is 0 Å². The van der Waals surface area contributed by atoms with E-state index >= 15 is 0 Å². The maximum Gasteiger partial charge on any atom is 0.337 e. The molecular formula is C29H33F2N5O6. The van der Waals surface area contributed by atoms with Gasteiger partial charge in [0, 0.05) is 36.5 Å². The molecule has 2 unspecified atom stereocenters. The highest BCUT2D eigenvalue weighted by Gasteiger charge is 2.42. The summed E-state index contributed by atoms with van der Waals surface area (Å²) in [5.41, 5.74) is 0.938. The standard InChI is InChI=1S/C29H33F2N5O6/c1-17-15-19(21-7-4-5-8-24(21)36(40)41)11-14-34(17)13-6-12-32-28(38)35-26(20-9-10-22(30)23(31)16-20)25(27(37)42-3)18(2)33-29(35)39/h4-5,7-10,16-17,19,26H,6,11-15H2,1-3H3,(H,32,38)(H,33,39)/t17-,19?,26?/m0/s1. The Balaban J connectivity index is 1.40. The van der Waals surface area contributed by atoms with Crippen LogP contribution < -0.4 is 10.6 Å². The van der Waals surface area contributed by atoms with Crippen LogP contribution in [0, 0.1) is 21.7 Å². The smallest absolute Gasteiger partial charge is 0.337 e. The zero-order valence-corrected chi connectivity index (χ0v) is 23.6. The molecule has 4 rings (SSSR count). The second-order valence-corrected chi connectivity index (χ2v) is 10.4. The molecule has 11 nitrogen and oxygen atoms in total. The van der Waals surface area contributed by atoms with Gasteiger partial charge in [0.15, 0.2) is 11.6 Å². The lowest BCUT2D eigenvalue weighted by atomic mass is 9.85. The predicted molar refractivity (Wildman–Crippen MR) is 148 cm³/mol. The molecule has 2 aliphatic rings. The number of carbonyl (C=O) groups is 3. The summed E-state index contributed by atoms with van der Waals surface area (Å²) in [5, 5.41) is 16.6. The highest BCUT2D eigenvalue weighted by Crippen LogP contribution is 2.37. The number of para-hydroxylation sites is 1. The number of methoxy groups -OCH3 is 1. The van der Waals surface area contributed by atoms with E-state index in [9.17, 15) is 33.3 Å². The number of ether oxygens (including phenoxy) is 1. The van der Waals surface area contributed by atoms with E-state index in [1.165, 1.54) is 19.1 Å². The Morgan fingerprint density at radius 2 is 1.93 bits per heavy atom. The molecule has 0 bridgehead atoms. The predicted octanol–water partition coefficient (Wildman–Crippen LogP) is 4.75. The van der Waals surface area contributed by atoms with Crippen LogP contribution in [0.2, 0.25) is 0 Å². The maximum absolute atomic E-state index is 14.1. The molecule has 3 atom stereocenters. The number of nitrogens with one attached hydrogen (secondary N) is 2. The van der Waals surface area contributed by atoms with Gasteiger partial charge in [-0.05, 0) is 63.3 Å². The van der Waals surface area contributed by atoms with Crippen LogP contribution >= 0.6 is 0 Å². The van der Waals surface area contributed by atoms with E-state index in [0.29, 0.717) is 13.0 Å². The molecule has 1 saturated heterocycles. The number of likely N-dealkylation sites (tertiary alicyclic amines) is 1. The molecule has 2 N–H and O–H groups in total. The largest absolute Gasteiger partial charge is 0.466 e. The molecule has 224 valence electrons. The van der Waals surface area contributed by atoms with E-state index in [2.05, 4.69) is 22.5 Å². The average Bonchev–Trinajstić information content (AvgIpc) is 2.96. The molecule has 13 heteroatoms. The van der Waals surface area contributed by atoms with Crippen LogP contribution in [0.15, 0.2) is 53.7 Å². The fraction of sp³-hybridized carbons (Fsp3) is 0.414. The minimum Gasteiger partial charge on any atom is -0.466 e. The van der Waals surface area contributed by atoms with Crippen molar-refractivity contribution in [1.29, 1.82) is 0 Å². The molecule has 42 heavy (non-hydrogen) atoms. The lowest BCUT2D eigenvalue weighted by molar-refractivity contribution is -0.385. The molecular weight excluding hydrogens is 552 g/mol. The maximum atomic E-state index is 14.1. The topological polar surface area (TPSA) is 134 Å². The van der Waals surface area contributed by atoms with E-state index in [0.717, 1.165) is 49.1 Å². The van der Waals surface area contributed by atoms with Crippen LogP contribution in [0.4, 0.5) is 24.1 Å². The van der Waals surface area contributed by atoms with Gasteiger partial charge in [-0.25, -0.2) is 28.1 Å². The number of amides is 4. The third-order valence-corrected chi connectivity index (χ3v) is 7.82. The number of urea groups is 2. The van der Waals surface area contributed by atoms with Gasteiger partial charge in [-0.1, -0.05) is 24.3 Å². The first-order chi connectivity index (χ1) is 20.0. The van der Waals surface area contributed by atoms with E-state index in [1.54, 1.807) is 6.07 Å². The second kappa shape index (κ2) is 13.1. The SMILES string of the molecule is COC(=O)C1=C(C)NC(=O)N(C(=O)NCCCN2CCC(c3ccccc3[N+](=O)[O-])C[C@@H]2C)C1c1ccc(F)c(F)c1. The number of carbonyl (C=O) groups excluding carboxylic acids is 3. The van der Waals surface area contributed by atoms with Gasteiger partial charge in [0.05, 0.1) is 17.6 Å². The number of nitro groups is 1. The van der Waals surface area contributed by atoms with Gasteiger partial charge in [0.2, 0.25) is 0 Å². The normalized spacial score (nSPS) is 21.1. The van der Waals surface area contributed by atoms with Crippen LogP contribution in [0.3, 0.4) is 0 Å². The van der Waals surface area contributed by atoms with E-state index < -0.39 is 35.7 Å². The summed E-state index contributed by atoms with van der Waals surface area (Å²) < 4.78 is 32.6. The molecule has 0 aromatic heterocycles. The number of hydrogen-bond acceptors (Lipinski definition) is 7. The monoisotopic (exact) mass is 585 g/mol. The molecule has 1 fully saturated rings. The van der Waals surface area contributed by atoms with Crippen molar-refractivity contribution in [1.82, 2.24) is 20.4 Å². The molecule has 2 aliphatic heterocycles. The summed E-state index contributed by atoms with van der Waals surface area (Å²) in [7, 11) is 1.14. The molecule has 2 heterocycles. The quantitative estimate of drug-likeness (QED) is 0.198. The lowest BCUT2D eigenvalue weighted by Crippen LogP contribution is -2.54. The van der Waals surface area contributed by atoms with Crippen LogP contribution in [0.25, 0.3) is 0 Å². The fourth-order valence-corrected chi connectivity index (χ4v) is 5.72. The number of hydrogen-bond donors (Lipinski definition) is 2. The number of nitrogens with zero attached hydrogens (tertiary/aromatic N) is 3. The van der Waals surface area contributed by atoms with Crippen molar-refractivity contribution in [3.05, 3.63) is 86.6 Å². The van der Waals surface area contributed by atoms with Crippen molar-refractivity contribution in [3.8, 4) is 0 Å². The third-order valence-electron chi connectivity index (χ3n) is 7.82. The van der Waals surface area contributed by atoms with Gasteiger partial charge in [-0.3, -0.25) is 10.1 Å². The highest BCUT2D eigenvalue weighted by molar-refractivity contribution is 6.01. The van der Waals surface area contributed by atoms with Crippen molar-refractivity contribution in [2.45, 2.75) is 51.1 Å². The molecule has 0 saturated carbocycles. The van der Waals surface area contributed by atoms with Crippen LogP contribution in [0.5, 0.6) is 0 Å². The molecule has 4 amide bonds. The number of benzene rings is 2. The van der Waals surface area contributed by atoms with Gasteiger partial charge in [0.25, 0.3) is 5.69 Å². The summed E-state index contributed by atoms with van der Waals surface area (Å²) in [6.45, 7) is 5.07. The number of halogens is 2. The first-order valence-corrected chi connectivity index (χ1v) is 13.6. The van der Waals surface area contributed by atoms with E-state index in [-0.39, 0.29) is 45.9 Å². The summed E-state index contributed by atoms with van der Waals surface area (Å²) in [6, 6.07) is 6.87. The molecule has 2 aromatic carbocycles. The summed E-state index contributed by atoms with van der Waals surface area (Å²) in [6.07, 6.45) is 2.05. The Labute approximate surface area is 241 Å². The fourth-order valence-electron chi connectivity index (χ4n) is 5.72. The number of esters is 1. The highest BCUT2D eigenvalue weighted by atomic mass is 19.2. The van der Waals surface area contributed by atoms with Crippen molar-refractivity contribution >= 4 is 23.7 Å². The Kier molecular flexibility index (Phi) is 9.51. The van der Waals surface area contributed by atoms with Crippen molar-refractivity contribution in [3.63, 3.8) is 0 Å². The van der Waals surface area contributed by atoms with E-state index in [1.807, 2.05) is 12.1 Å². The van der Waals surface area contributed by atoms with E-state index in [4.69, 9.17) is 4.74 Å². The van der Waals surface area contributed by atoms with Crippen molar-refractivity contribution in [2.75, 3.05) is 26.7 Å². The summed E-state index contributed by atoms with van der Waals surface area (Å²) in [4.78, 5) is 52.9. The zero-order valence-electron chi connectivity index (χ0n) is 23.6. The van der Waals surface area contributed by atoms with Gasteiger partial charge >= 0.3 is 18.0 Å².